The average molecular weight is 251 g/mol. The molecular weight excluding hydrogens is 226 g/mol. The van der Waals surface area contributed by atoms with E-state index < -0.39 is 0 Å². The number of hydrogen-bond acceptors (Lipinski definition) is 4. The summed E-state index contributed by atoms with van der Waals surface area (Å²) in [6, 6.07) is 3.94. The molecule has 0 atom stereocenters. The molecule has 2 rings (SSSR count). The van der Waals surface area contributed by atoms with Gasteiger partial charge in [0.2, 0.25) is 0 Å². The van der Waals surface area contributed by atoms with Crippen LogP contribution in [0.5, 0.6) is 0 Å². The lowest BCUT2D eigenvalue weighted by molar-refractivity contribution is 0.0406. The molecule has 1 fully saturated rings. The van der Waals surface area contributed by atoms with Crippen molar-refractivity contribution in [2.75, 3.05) is 39.8 Å². The lowest BCUT2D eigenvalue weighted by Crippen LogP contribution is -2.58. The Morgan fingerprint density at radius 1 is 1.39 bits per heavy atom. The summed E-state index contributed by atoms with van der Waals surface area (Å²) < 4.78 is 5.29. The molecule has 1 saturated heterocycles. The highest BCUT2D eigenvalue weighted by Gasteiger charge is 2.30. The Labute approximate surface area is 110 Å². The van der Waals surface area contributed by atoms with Crippen molar-refractivity contribution >= 4 is 0 Å². The van der Waals surface area contributed by atoms with Crippen LogP contribution in [0.25, 0.3) is 0 Å². The predicted octanol–water partition coefficient (Wildman–Crippen LogP) is 1.40. The van der Waals surface area contributed by atoms with E-state index in [9.17, 15) is 0 Å². The van der Waals surface area contributed by atoms with Gasteiger partial charge in [0, 0.05) is 38.3 Å². The van der Waals surface area contributed by atoms with Crippen molar-refractivity contribution in [3.63, 3.8) is 0 Å². The van der Waals surface area contributed by atoms with Crippen molar-refractivity contribution in [3.05, 3.63) is 24.2 Å². The van der Waals surface area contributed by atoms with E-state index in [0.29, 0.717) is 5.54 Å². The first kappa shape index (κ1) is 13.6. The fraction of sp³-hybridized carbons (Fsp3) is 0.714. The fourth-order valence-electron chi connectivity index (χ4n) is 2.39. The van der Waals surface area contributed by atoms with Gasteiger partial charge in [-0.1, -0.05) is 0 Å². The Balaban J connectivity index is 1.65. The van der Waals surface area contributed by atoms with Crippen LogP contribution in [0.3, 0.4) is 0 Å². The molecule has 1 aliphatic rings. The molecule has 0 unspecified atom stereocenters. The minimum atomic E-state index is 0.291. The zero-order chi connectivity index (χ0) is 13.0. The quantitative estimate of drug-likeness (QED) is 0.802. The van der Waals surface area contributed by atoms with Crippen LogP contribution in [-0.2, 0) is 6.54 Å². The summed E-state index contributed by atoms with van der Waals surface area (Å²) in [6.45, 7) is 11.0. The summed E-state index contributed by atoms with van der Waals surface area (Å²) in [4.78, 5) is 4.98. The van der Waals surface area contributed by atoms with Crippen molar-refractivity contribution in [3.8, 4) is 0 Å². The molecule has 1 N–H and O–H groups in total. The summed E-state index contributed by atoms with van der Waals surface area (Å²) in [6.07, 6.45) is 1.72. The van der Waals surface area contributed by atoms with Gasteiger partial charge in [0.15, 0.2) is 0 Å². The topological polar surface area (TPSA) is 31.6 Å². The highest BCUT2D eigenvalue weighted by molar-refractivity contribution is 4.97. The Morgan fingerprint density at radius 3 is 2.89 bits per heavy atom. The molecule has 0 spiro atoms. The van der Waals surface area contributed by atoms with Crippen molar-refractivity contribution < 1.29 is 4.42 Å². The van der Waals surface area contributed by atoms with E-state index in [2.05, 4.69) is 36.0 Å². The molecule has 4 nitrogen and oxygen atoms in total. The molecule has 0 aliphatic carbocycles. The molecule has 102 valence electrons. The van der Waals surface area contributed by atoms with Gasteiger partial charge in [-0.2, -0.15) is 0 Å². The molecule has 0 aromatic carbocycles. The number of nitrogens with zero attached hydrogens (tertiary/aromatic N) is 2. The molecule has 4 heteroatoms. The van der Waals surface area contributed by atoms with E-state index in [0.717, 1.165) is 38.5 Å². The number of nitrogens with one attached hydrogen (secondary N) is 1. The third-order valence-electron chi connectivity index (χ3n) is 3.88. The Kier molecular flexibility index (Phi) is 4.43. The van der Waals surface area contributed by atoms with Crippen LogP contribution in [0.4, 0.5) is 0 Å². The van der Waals surface area contributed by atoms with Gasteiger partial charge in [0.05, 0.1) is 12.8 Å². The van der Waals surface area contributed by atoms with E-state index in [4.69, 9.17) is 4.42 Å². The number of rotatable bonds is 5. The lowest BCUT2D eigenvalue weighted by atomic mass is 10.00. The van der Waals surface area contributed by atoms with Crippen LogP contribution < -0.4 is 5.32 Å². The third kappa shape index (κ3) is 3.57. The van der Waals surface area contributed by atoms with E-state index in [1.54, 1.807) is 6.26 Å². The van der Waals surface area contributed by atoms with Crippen molar-refractivity contribution in [1.29, 1.82) is 0 Å². The highest BCUT2D eigenvalue weighted by Crippen LogP contribution is 2.18. The van der Waals surface area contributed by atoms with Gasteiger partial charge in [0.25, 0.3) is 0 Å². The maximum Gasteiger partial charge on any atom is 0.117 e. The molecule has 1 aliphatic heterocycles. The first-order chi connectivity index (χ1) is 8.58. The first-order valence-electron chi connectivity index (χ1n) is 6.75. The fourth-order valence-corrected chi connectivity index (χ4v) is 2.39. The van der Waals surface area contributed by atoms with Crippen molar-refractivity contribution in [2.45, 2.75) is 25.9 Å². The molecular formula is C14H25N3O. The van der Waals surface area contributed by atoms with Crippen LogP contribution in [-0.4, -0.2) is 55.1 Å². The third-order valence-corrected chi connectivity index (χ3v) is 3.88. The van der Waals surface area contributed by atoms with Crippen molar-refractivity contribution in [1.82, 2.24) is 15.1 Å². The minimum absolute atomic E-state index is 0.291. The lowest BCUT2D eigenvalue weighted by Gasteiger charge is -2.45. The molecule has 1 aromatic rings. The highest BCUT2D eigenvalue weighted by atomic mass is 16.3. The second kappa shape index (κ2) is 5.87. The maximum absolute atomic E-state index is 5.29. The standard InChI is InChI=1S/C14H25N3O/c1-14(2)12-17(9-8-16(14)3)7-6-15-11-13-5-4-10-18-13/h4-5,10,15H,6-9,11-12H2,1-3H3. The second-order valence-corrected chi connectivity index (χ2v) is 5.77. The number of likely N-dealkylation sites (N-methyl/N-ethyl adjacent to an activating group) is 1. The zero-order valence-electron chi connectivity index (χ0n) is 11.8. The largest absolute Gasteiger partial charge is 0.468 e. The summed E-state index contributed by atoms with van der Waals surface area (Å²) >= 11 is 0. The van der Waals surface area contributed by atoms with Crippen LogP contribution >= 0.6 is 0 Å². The van der Waals surface area contributed by atoms with Gasteiger partial charge in [-0.15, -0.1) is 0 Å². The molecule has 0 bridgehead atoms. The van der Waals surface area contributed by atoms with Gasteiger partial charge < -0.3 is 9.73 Å². The van der Waals surface area contributed by atoms with E-state index in [-0.39, 0.29) is 0 Å². The van der Waals surface area contributed by atoms with Gasteiger partial charge in [-0.25, -0.2) is 0 Å². The Hall–Kier alpha value is -0.840. The average Bonchev–Trinajstić information content (AvgIpc) is 2.82. The number of furan rings is 1. The molecule has 2 heterocycles. The van der Waals surface area contributed by atoms with E-state index >= 15 is 0 Å². The Morgan fingerprint density at radius 2 is 2.22 bits per heavy atom. The van der Waals surface area contributed by atoms with Crippen LogP contribution in [0.1, 0.15) is 19.6 Å². The minimum Gasteiger partial charge on any atom is -0.468 e. The number of piperazine rings is 1. The summed E-state index contributed by atoms with van der Waals surface area (Å²) in [5.41, 5.74) is 0.291. The van der Waals surface area contributed by atoms with Crippen LogP contribution in [0.2, 0.25) is 0 Å². The van der Waals surface area contributed by atoms with Gasteiger partial charge >= 0.3 is 0 Å². The van der Waals surface area contributed by atoms with Crippen LogP contribution in [0, 0.1) is 0 Å². The first-order valence-corrected chi connectivity index (χ1v) is 6.75. The second-order valence-electron chi connectivity index (χ2n) is 5.77. The normalized spacial score (nSPS) is 21.3. The molecule has 0 amide bonds. The maximum atomic E-state index is 5.29. The number of hydrogen-bond donors (Lipinski definition) is 1. The van der Waals surface area contributed by atoms with E-state index in [1.807, 2.05) is 12.1 Å². The summed E-state index contributed by atoms with van der Waals surface area (Å²) in [5, 5.41) is 3.42. The molecule has 18 heavy (non-hydrogen) atoms. The summed E-state index contributed by atoms with van der Waals surface area (Å²) in [5.74, 6) is 1.01. The molecule has 1 aromatic heterocycles. The van der Waals surface area contributed by atoms with E-state index in [1.165, 1.54) is 6.54 Å². The zero-order valence-corrected chi connectivity index (χ0v) is 11.8. The molecule has 0 radical (unpaired) electrons. The molecule has 0 saturated carbocycles. The monoisotopic (exact) mass is 251 g/mol. The van der Waals surface area contributed by atoms with Crippen LogP contribution in [0.15, 0.2) is 22.8 Å². The SMILES string of the molecule is CN1CCN(CCNCc2ccco2)CC1(C)C. The van der Waals surface area contributed by atoms with Crippen molar-refractivity contribution in [2.24, 2.45) is 0 Å². The van der Waals surface area contributed by atoms with Gasteiger partial charge in [-0.3, -0.25) is 9.80 Å². The smallest absolute Gasteiger partial charge is 0.117 e. The Bertz CT molecular complexity index is 348. The van der Waals surface area contributed by atoms with Gasteiger partial charge in [-0.05, 0) is 33.0 Å². The van der Waals surface area contributed by atoms with Gasteiger partial charge in [0.1, 0.15) is 5.76 Å². The predicted molar refractivity (Wildman–Crippen MR) is 73.6 cm³/mol. The summed E-state index contributed by atoms with van der Waals surface area (Å²) in [7, 11) is 2.21.